The average molecular weight is 437 g/mol. The first-order valence-electron chi connectivity index (χ1n) is 9.81. The van der Waals surface area contributed by atoms with Crippen LogP contribution in [0.5, 0.6) is 0 Å². The van der Waals surface area contributed by atoms with Gasteiger partial charge in [-0.15, -0.1) is 0 Å². The number of nitrogens with two attached hydrogens (primary N) is 2. The summed E-state index contributed by atoms with van der Waals surface area (Å²) in [6, 6.07) is -3.26. The van der Waals surface area contributed by atoms with Crippen LogP contribution in [0.3, 0.4) is 0 Å². The van der Waals surface area contributed by atoms with Gasteiger partial charge in [-0.1, -0.05) is 0 Å². The second-order valence-corrected chi connectivity index (χ2v) is 7.20. The van der Waals surface area contributed by atoms with Gasteiger partial charge in [-0.2, -0.15) is 0 Å². The first kappa shape index (κ1) is 23.8. The predicted octanol–water partition coefficient (Wildman–Crippen LogP) is -2.78. The number of nitrogens with one attached hydrogen (secondary N) is 3. The van der Waals surface area contributed by atoms with Crippen molar-refractivity contribution in [1.29, 1.82) is 0 Å². The normalized spacial score (nSPS) is 17.6. The van der Waals surface area contributed by atoms with Crippen LogP contribution >= 0.6 is 0 Å². The lowest BCUT2D eigenvalue weighted by molar-refractivity contribution is -0.143. The molecule has 0 aromatic carbocycles. The number of aromatic nitrogens is 2. The van der Waals surface area contributed by atoms with Crippen molar-refractivity contribution in [3.8, 4) is 0 Å². The third-order valence-corrected chi connectivity index (χ3v) is 4.96. The van der Waals surface area contributed by atoms with E-state index in [0.717, 1.165) is 0 Å². The first-order valence-corrected chi connectivity index (χ1v) is 9.81. The van der Waals surface area contributed by atoms with E-state index in [1.807, 2.05) is 0 Å². The zero-order valence-electron chi connectivity index (χ0n) is 16.9. The molecule has 0 bridgehead atoms. The number of carboxylic acids is 1. The highest BCUT2D eigenvalue weighted by molar-refractivity contribution is 5.94. The summed E-state index contributed by atoms with van der Waals surface area (Å²) >= 11 is 0. The number of hydrogen-bond acceptors (Lipinski definition) is 7. The van der Waals surface area contributed by atoms with Crippen molar-refractivity contribution in [3.63, 3.8) is 0 Å². The molecular weight excluding hydrogens is 410 g/mol. The molecular formula is C18H27N7O6. The summed E-state index contributed by atoms with van der Waals surface area (Å²) < 4.78 is 0. The Morgan fingerprint density at radius 3 is 2.58 bits per heavy atom. The standard InChI is InChI=1S/C18H27N7O6/c19-7-15(27)25-5-1-2-13(25)17(29)24-12(6-10-8-21-9-22-10)16(28)23-11(18(30)31)3-4-14(20)26/h8-9,11-13H,1-7,19H2,(H2,20,26)(H,21,22)(H,23,28)(H,24,29)(H,30,31). The number of aliphatic carboxylic acids is 1. The fourth-order valence-electron chi connectivity index (χ4n) is 3.36. The molecule has 2 heterocycles. The first-order chi connectivity index (χ1) is 14.7. The van der Waals surface area contributed by atoms with Crippen LogP contribution in [0.25, 0.3) is 0 Å². The zero-order chi connectivity index (χ0) is 23.0. The molecule has 1 fully saturated rings. The molecule has 0 saturated carbocycles. The summed E-state index contributed by atoms with van der Waals surface area (Å²) in [5, 5.41) is 14.3. The number of H-pyrrole nitrogens is 1. The van der Waals surface area contributed by atoms with Crippen LogP contribution < -0.4 is 22.1 Å². The van der Waals surface area contributed by atoms with Crippen LogP contribution in [0.1, 0.15) is 31.4 Å². The highest BCUT2D eigenvalue weighted by Crippen LogP contribution is 2.17. The molecule has 1 aliphatic heterocycles. The lowest BCUT2D eigenvalue weighted by atomic mass is 10.1. The molecule has 1 saturated heterocycles. The number of likely N-dealkylation sites (tertiary alicyclic amines) is 1. The number of carbonyl (C=O) groups excluding carboxylic acids is 4. The molecule has 31 heavy (non-hydrogen) atoms. The Bertz CT molecular complexity index is 812. The number of carbonyl (C=O) groups is 5. The van der Waals surface area contributed by atoms with E-state index in [1.165, 1.54) is 17.4 Å². The molecule has 170 valence electrons. The summed E-state index contributed by atoms with van der Waals surface area (Å²) in [7, 11) is 0. The van der Waals surface area contributed by atoms with Crippen molar-refractivity contribution in [3.05, 3.63) is 18.2 Å². The monoisotopic (exact) mass is 437 g/mol. The SMILES string of the molecule is NCC(=O)N1CCCC1C(=O)NC(Cc1cnc[nH]1)C(=O)NC(CCC(N)=O)C(=O)O. The molecule has 3 atom stereocenters. The number of aromatic amines is 1. The van der Waals surface area contributed by atoms with Gasteiger partial charge in [0.2, 0.25) is 23.6 Å². The van der Waals surface area contributed by atoms with Crippen LogP contribution in [-0.2, 0) is 30.4 Å². The highest BCUT2D eigenvalue weighted by atomic mass is 16.4. The lowest BCUT2D eigenvalue weighted by Gasteiger charge is -2.26. The second-order valence-electron chi connectivity index (χ2n) is 7.20. The number of primary amides is 1. The molecule has 1 aliphatic rings. The summed E-state index contributed by atoms with van der Waals surface area (Å²) in [5.41, 5.74) is 11.0. The van der Waals surface area contributed by atoms with E-state index in [1.54, 1.807) is 0 Å². The van der Waals surface area contributed by atoms with Gasteiger partial charge in [-0.3, -0.25) is 19.2 Å². The third-order valence-electron chi connectivity index (χ3n) is 4.96. The van der Waals surface area contributed by atoms with Gasteiger partial charge in [0.1, 0.15) is 18.1 Å². The molecule has 13 nitrogen and oxygen atoms in total. The van der Waals surface area contributed by atoms with Crippen LogP contribution in [0, 0.1) is 0 Å². The molecule has 8 N–H and O–H groups in total. The Labute approximate surface area is 177 Å². The van der Waals surface area contributed by atoms with Crippen molar-refractivity contribution in [2.45, 2.75) is 50.2 Å². The second kappa shape index (κ2) is 11.1. The van der Waals surface area contributed by atoms with Crippen LogP contribution in [0.15, 0.2) is 12.5 Å². The number of nitrogens with zero attached hydrogens (tertiary/aromatic N) is 2. The van der Waals surface area contributed by atoms with E-state index in [9.17, 15) is 29.1 Å². The van der Waals surface area contributed by atoms with E-state index in [4.69, 9.17) is 11.5 Å². The summed E-state index contributed by atoms with van der Waals surface area (Å²) in [5.74, 6) is -3.70. The van der Waals surface area contributed by atoms with Crippen LogP contribution in [-0.4, -0.2) is 80.8 Å². The Morgan fingerprint density at radius 1 is 1.26 bits per heavy atom. The van der Waals surface area contributed by atoms with E-state index >= 15 is 0 Å². The third kappa shape index (κ3) is 6.77. The number of carboxylic acid groups (broad SMARTS) is 1. The molecule has 1 aromatic heterocycles. The Hall–Kier alpha value is -3.48. The van der Waals surface area contributed by atoms with Crippen molar-refractivity contribution in [2.24, 2.45) is 11.5 Å². The Balaban J connectivity index is 2.13. The van der Waals surface area contributed by atoms with Gasteiger partial charge in [0.05, 0.1) is 12.9 Å². The predicted molar refractivity (Wildman–Crippen MR) is 106 cm³/mol. The zero-order valence-corrected chi connectivity index (χ0v) is 16.9. The molecule has 3 unspecified atom stereocenters. The quantitative estimate of drug-likeness (QED) is 0.212. The maximum absolute atomic E-state index is 12.8. The van der Waals surface area contributed by atoms with Crippen LogP contribution in [0.4, 0.5) is 0 Å². The minimum atomic E-state index is -1.36. The largest absolute Gasteiger partial charge is 0.480 e. The maximum Gasteiger partial charge on any atom is 0.326 e. The number of rotatable bonds is 11. The number of amides is 4. The molecule has 0 aliphatic carbocycles. The Morgan fingerprint density at radius 2 is 2.00 bits per heavy atom. The molecule has 0 spiro atoms. The molecule has 2 rings (SSSR count). The van der Waals surface area contributed by atoms with E-state index in [-0.39, 0.29) is 31.7 Å². The van der Waals surface area contributed by atoms with E-state index in [0.29, 0.717) is 25.1 Å². The number of imidazole rings is 1. The van der Waals surface area contributed by atoms with Crippen molar-refractivity contribution in [2.75, 3.05) is 13.1 Å². The van der Waals surface area contributed by atoms with Gasteiger partial charge in [0.25, 0.3) is 0 Å². The molecule has 4 amide bonds. The Kier molecular flexibility index (Phi) is 8.49. The van der Waals surface area contributed by atoms with E-state index < -0.39 is 41.8 Å². The van der Waals surface area contributed by atoms with Crippen molar-refractivity contribution in [1.82, 2.24) is 25.5 Å². The molecule has 1 aromatic rings. The minimum absolute atomic E-state index is 0.0112. The average Bonchev–Trinajstić information content (AvgIpc) is 3.41. The smallest absolute Gasteiger partial charge is 0.326 e. The topological polar surface area (TPSA) is 214 Å². The minimum Gasteiger partial charge on any atom is -0.480 e. The van der Waals surface area contributed by atoms with Crippen LogP contribution in [0.2, 0.25) is 0 Å². The maximum atomic E-state index is 12.8. The van der Waals surface area contributed by atoms with Gasteiger partial charge in [-0.25, -0.2) is 9.78 Å². The molecule has 13 heteroatoms. The lowest BCUT2D eigenvalue weighted by Crippen LogP contribution is -2.56. The van der Waals surface area contributed by atoms with E-state index in [2.05, 4.69) is 20.6 Å². The number of hydrogen-bond donors (Lipinski definition) is 6. The van der Waals surface area contributed by atoms with Crippen molar-refractivity contribution >= 4 is 29.6 Å². The van der Waals surface area contributed by atoms with Gasteiger partial charge in [0.15, 0.2) is 0 Å². The van der Waals surface area contributed by atoms with Gasteiger partial charge in [0, 0.05) is 31.3 Å². The summed E-state index contributed by atoms with van der Waals surface area (Å²) in [6.07, 6.45) is 3.50. The van der Waals surface area contributed by atoms with Gasteiger partial charge in [-0.05, 0) is 19.3 Å². The van der Waals surface area contributed by atoms with Gasteiger partial charge >= 0.3 is 5.97 Å². The van der Waals surface area contributed by atoms with Gasteiger partial charge < -0.3 is 37.1 Å². The van der Waals surface area contributed by atoms with Crippen molar-refractivity contribution < 1.29 is 29.1 Å². The fraction of sp³-hybridized carbons (Fsp3) is 0.556. The fourth-order valence-corrected chi connectivity index (χ4v) is 3.36. The highest BCUT2D eigenvalue weighted by Gasteiger charge is 2.36. The summed E-state index contributed by atoms with van der Waals surface area (Å²) in [6.45, 7) is 0.154. The summed E-state index contributed by atoms with van der Waals surface area (Å²) in [4.78, 5) is 68.1. The molecule has 0 radical (unpaired) electrons.